The molecule has 1 atom stereocenters. The first-order valence-corrected chi connectivity index (χ1v) is 11.0. The van der Waals surface area contributed by atoms with Crippen LogP contribution in [0, 0.1) is 0 Å². The summed E-state index contributed by atoms with van der Waals surface area (Å²) in [5.74, 6) is -0.0561. The normalized spacial score (nSPS) is 22.5. The average Bonchev–Trinajstić information content (AvgIpc) is 3.16. The van der Waals surface area contributed by atoms with E-state index in [4.69, 9.17) is 14.0 Å². The Morgan fingerprint density at radius 2 is 1.71 bits per heavy atom. The molecule has 0 bridgehead atoms. The maximum Gasteiger partial charge on any atom is 0.494 e. The molecule has 3 rings (SSSR count). The van der Waals surface area contributed by atoms with Gasteiger partial charge in [0.25, 0.3) is 0 Å². The zero-order valence-corrected chi connectivity index (χ0v) is 19.8. The van der Waals surface area contributed by atoms with Crippen LogP contribution in [-0.2, 0) is 25.3 Å². The Balaban J connectivity index is 1.49. The Morgan fingerprint density at radius 1 is 1.13 bits per heavy atom. The number of carbonyl (C=O) groups excluding carboxylic acids is 2. The second-order valence-electron chi connectivity index (χ2n) is 10.5. The molecule has 2 heterocycles. The van der Waals surface area contributed by atoms with E-state index in [1.165, 1.54) is 0 Å². The second-order valence-corrected chi connectivity index (χ2v) is 10.5. The van der Waals surface area contributed by atoms with Crippen LogP contribution in [-0.4, -0.2) is 60.0 Å². The predicted octanol–water partition coefficient (Wildman–Crippen LogP) is 2.65. The molecule has 170 valence electrons. The van der Waals surface area contributed by atoms with Gasteiger partial charge in [-0.3, -0.25) is 4.79 Å². The summed E-state index contributed by atoms with van der Waals surface area (Å²) < 4.78 is 17.6. The van der Waals surface area contributed by atoms with E-state index in [1.807, 2.05) is 72.7 Å². The molecule has 2 aliphatic rings. The Labute approximate surface area is 185 Å². The second kappa shape index (κ2) is 8.47. The smallest absolute Gasteiger partial charge is 0.444 e. The predicted molar refractivity (Wildman–Crippen MR) is 120 cm³/mol. The average molecular weight is 430 g/mol. The number of carbonyl (C=O) groups is 2. The standard InChI is InChI=1S/C23H35BN2O5/c1-21(2,3)29-20(28)26-13-12-18(15-26)25-19(27)14-16-8-10-17(11-9-16)24-30-22(4,5)23(6,7)31-24/h8-11,18H,12-15H2,1-7H3,(H,25,27). The van der Waals surface area contributed by atoms with Gasteiger partial charge in [0.05, 0.1) is 17.6 Å². The number of nitrogens with zero attached hydrogens (tertiary/aromatic N) is 1. The summed E-state index contributed by atoms with van der Waals surface area (Å²) in [7, 11) is -0.412. The lowest BCUT2D eigenvalue weighted by Crippen LogP contribution is -2.41. The van der Waals surface area contributed by atoms with Crippen molar-refractivity contribution in [2.24, 2.45) is 0 Å². The molecule has 1 aromatic carbocycles. The van der Waals surface area contributed by atoms with E-state index >= 15 is 0 Å². The van der Waals surface area contributed by atoms with Gasteiger partial charge in [0, 0.05) is 19.1 Å². The van der Waals surface area contributed by atoms with Gasteiger partial charge in [0.2, 0.25) is 5.91 Å². The van der Waals surface area contributed by atoms with Gasteiger partial charge in [-0.2, -0.15) is 0 Å². The zero-order chi connectivity index (χ0) is 23.0. The molecule has 2 amide bonds. The monoisotopic (exact) mass is 430 g/mol. The molecule has 2 saturated heterocycles. The Morgan fingerprint density at radius 3 is 2.26 bits per heavy atom. The van der Waals surface area contributed by atoms with Gasteiger partial charge in [0.15, 0.2) is 0 Å². The van der Waals surface area contributed by atoms with Crippen molar-refractivity contribution in [3.63, 3.8) is 0 Å². The van der Waals surface area contributed by atoms with Crippen molar-refractivity contribution in [1.82, 2.24) is 10.2 Å². The third kappa shape index (κ3) is 5.80. The molecule has 1 N–H and O–H groups in total. The van der Waals surface area contributed by atoms with Crippen LogP contribution in [0.25, 0.3) is 0 Å². The number of nitrogens with one attached hydrogen (secondary N) is 1. The number of hydrogen-bond donors (Lipinski definition) is 1. The van der Waals surface area contributed by atoms with Crippen LogP contribution in [0.5, 0.6) is 0 Å². The Kier molecular flexibility index (Phi) is 6.45. The van der Waals surface area contributed by atoms with Gasteiger partial charge in [-0.25, -0.2) is 4.79 Å². The number of amides is 2. The highest BCUT2D eigenvalue weighted by Crippen LogP contribution is 2.36. The van der Waals surface area contributed by atoms with Crippen LogP contribution >= 0.6 is 0 Å². The molecule has 0 aliphatic carbocycles. The topological polar surface area (TPSA) is 77.1 Å². The first-order valence-electron chi connectivity index (χ1n) is 11.0. The third-order valence-electron chi connectivity index (χ3n) is 6.07. The van der Waals surface area contributed by atoms with Crippen molar-refractivity contribution in [3.8, 4) is 0 Å². The number of likely N-dealkylation sites (tertiary alicyclic amines) is 1. The lowest BCUT2D eigenvalue weighted by atomic mass is 9.79. The molecule has 0 spiro atoms. The summed E-state index contributed by atoms with van der Waals surface area (Å²) in [4.78, 5) is 26.3. The highest BCUT2D eigenvalue weighted by Gasteiger charge is 2.51. The van der Waals surface area contributed by atoms with Crippen molar-refractivity contribution in [2.75, 3.05) is 13.1 Å². The minimum absolute atomic E-state index is 0.0518. The lowest BCUT2D eigenvalue weighted by molar-refractivity contribution is -0.121. The van der Waals surface area contributed by atoms with E-state index in [9.17, 15) is 9.59 Å². The SMILES string of the molecule is CC(C)(C)OC(=O)N1CCC(NC(=O)Cc2ccc(B3OC(C)(C)C(C)(C)O3)cc2)C1. The molecular weight excluding hydrogens is 395 g/mol. The maximum absolute atomic E-state index is 12.5. The third-order valence-corrected chi connectivity index (χ3v) is 6.07. The van der Waals surface area contributed by atoms with E-state index in [0.29, 0.717) is 13.1 Å². The minimum atomic E-state index is -0.523. The summed E-state index contributed by atoms with van der Waals surface area (Å²) in [5, 5.41) is 3.03. The molecule has 0 aromatic heterocycles. The van der Waals surface area contributed by atoms with Gasteiger partial charge in [0.1, 0.15) is 5.60 Å². The summed E-state index contributed by atoms with van der Waals surface area (Å²) >= 11 is 0. The largest absolute Gasteiger partial charge is 0.494 e. The summed E-state index contributed by atoms with van der Waals surface area (Å²) in [6.45, 7) is 14.7. The van der Waals surface area contributed by atoms with Gasteiger partial charge in [-0.15, -0.1) is 0 Å². The molecule has 2 aliphatic heterocycles. The van der Waals surface area contributed by atoms with Crippen LogP contribution in [0.15, 0.2) is 24.3 Å². The van der Waals surface area contributed by atoms with Crippen molar-refractivity contribution in [1.29, 1.82) is 0 Å². The molecule has 2 fully saturated rings. The molecule has 1 unspecified atom stereocenters. The van der Waals surface area contributed by atoms with Gasteiger partial charge >= 0.3 is 13.2 Å². The fourth-order valence-corrected chi connectivity index (χ4v) is 3.61. The molecule has 0 radical (unpaired) electrons. The van der Waals surface area contributed by atoms with Crippen molar-refractivity contribution in [3.05, 3.63) is 29.8 Å². The van der Waals surface area contributed by atoms with Gasteiger partial charge in [-0.05, 0) is 65.9 Å². The molecule has 1 aromatic rings. The van der Waals surface area contributed by atoms with Crippen molar-refractivity contribution < 1.29 is 23.6 Å². The van der Waals surface area contributed by atoms with E-state index in [1.54, 1.807) is 4.90 Å². The van der Waals surface area contributed by atoms with E-state index in [2.05, 4.69) is 5.32 Å². The first kappa shape index (κ1) is 23.6. The van der Waals surface area contributed by atoms with Gasteiger partial charge < -0.3 is 24.3 Å². The molecular formula is C23H35BN2O5. The van der Waals surface area contributed by atoms with E-state index in [0.717, 1.165) is 17.4 Å². The first-order chi connectivity index (χ1) is 14.3. The maximum atomic E-state index is 12.5. The fraction of sp³-hybridized carbons (Fsp3) is 0.652. The number of benzene rings is 1. The van der Waals surface area contributed by atoms with Crippen LogP contribution in [0.2, 0.25) is 0 Å². The summed E-state index contributed by atoms with van der Waals surface area (Å²) in [6, 6.07) is 7.71. The fourth-order valence-electron chi connectivity index (χ4n) is 3.61. The molecule has 0 saturated carbocycles. The van der Waals surface area contributed by atoms with Crippen LogP contribution in [0.4, 0.5) is 4.79 Å². The lowest BCUT2D eigenvalue weighted by Gasteiger charge is -2.32. The quantitative estimate of drug-likeness (QED) is 0.744. The Hall–Kier alpha value is -2.06. The molecule has 7 nitrogen and oxygen atoms in total. The minimum Gasteiger partial charge on any atom is -0.444 e. The van der Waals surface area contributed by atoms with Crippen molar-refractivity contribution >= 4 is 24.6 Å². The van der Waals surface area contributed by atoms with E-state index < -0.39 is 12.7 Å². The van der Waals surface area contributed by atoms with Gasteiger partial charge in [-0.1, -0.05) is 24.3 Å². The van der Waals surface area contributed by atoms with Crippen LogP contribution in [0.3, 0.4) is 0 Å². The number of ether oxygens (including phenoxy) is 1. The highest BCUT2D eigenvalue weighted by molar-refractivity contribution is 6.62. The molecule has 8 heteroatoms. The zero-order valence-electron chi connectivity index (χ0n) is 19.8. The Bertz CT molecular complexity index is 800. The van der Waals surface area contributed by atoms with Crippen LogP contribution in [0.1, 0.15) is 60.5 Å². The summed E-state index contributed by atoms with van der Waals surface area (Å²) in [6.07, 6.45) is 0.681. The summed E-state index contributed by atoms with van der Waals surface area (Å²) in [5.41, 5.74) is 0.561. The highest BCUT2D eigenvalue weighted by atomic mass is 16.7. The van der Waals surface area contributed by atoms with Crippen molar-refractivity contribution in [2.45, 2.75) is 84.2 Å². The number of hydrogen-bond acceptors (Lipinski definition) is 5. The molecule has 31 heavy (non-hydrogen) atoms. The number of rotatable bonds is 4. The van der Waals surface area contributed by atoms with E-state index in [-0.39, 0.29) is 35.7 Å². The van der Waals surface area contributed by atoms with Crippen LogP contribution < -0.4 is 10.8 Å².